The van der Waals surface area contributed by atoms with Gasteiger partial charge >= 0.3 is 12.1 Å². The first-order valence-electron chi connectivity index (χ1n) is 9.30. The van der Waals surface area contributed by atoms with Crippen molar-refractivity contribution in [1.29, 1.82) is 0 Å². The van der Waals surface area contributed by atoms with Crippen LogP contribution in [0.25, 0.3) is 10.8 Å². The molecule has 3 N–H and O–H groups in total. The van der Waals surface area contributed by atoms with Crippen LogP contribution in [0.3, 0.4) is 0 Å². The molecule has 2 atom stereocenters. The smallest absolute Gasteiger partial charge is 0.412 e. The Morgan fingerprint density at radius 3 is 2.55 bits per heavy atom. The molecule has 1 amide bonds. The second-order valence-electron chi connectivity index (χ2n) is 6.86. The van der Waals surface area contributed by atoms with Crippen LogP contribution in [0.1, 0.15) is 18.6 Å². The Kier molecular flexibility index (Phi) is 7.35. The number of halogens is 2. The number of carbonyl (C=O) groups is 2. The van der Waals surface area contributed by atoms with E-state index in [9.17, 15) is 14.7 Å². The third-order valence-electron chi connectivity index (χ3n) is 4.64. The number of aromatic hydroxyl groups is 1. The van der Waals surface area contributed by atoms with Gasteiger partial charge in [0, 0.05) is 27.4 Å². The Labute approximate surface area is 195 Å². The van der Waals surface area contributed by atoms with Crippen LogP contribution in [0.2, 0.25) is 0 Å². The summed E-state index contributed by atoms with van der Waals surface area (Å²) in [4.78, 5) is 23.7. The number of carbonyl (C=O) groups excluding carboxylic acids is 1. The van der Waals surface area contributed by atoms with Gasteiger partial charge in [0.15, 0.2) is 0 Å². The summed E-state index contributed by atoms with van der Waals surface area (Å²) in [6.07, 6.45) is 0.715. The lowest BCUT2D eigenvalue weighted by molar-refractivity contribution is -0.131. The van der Waals surface area contributed by atoms with Gasteiger partial charge in [-0.15, -0.1) is 0 Å². The Hall–Kier alpha value is -2.84. The molecule has 0 radical (unpaired) electrons. The van der Waals surface area contributed by atoms with Crippen LogP contribution in [-0.2, 0) is 9.53 Å². The lowest BCUT2D eigenvalue weighted by Gasteiger charge is -2.24. The molecule has 0 fully saturated rings. The summed E-state index contributed by atoms with van der Waals surface area (Å²) in [5.74, 6) is -1.76. The number of amides is 1. The van der Waals surface area contributed by atoms with Gasteiger partial charge in [0.05, 0.1) is 10.2 Å². The fourth-order valence-electron chi connectivity index (χ4n) is 3.18. The fraction of sp³-hybridized carbons (Fsp3) is 0.130. The van der Waals surface area contributed by atoms with E-state index in [2.05, 4.69) is 37.2 Å². The highest BCUT2D eigenvalue weighted by atomic mass is 79.9. The molecule has 3 rings (SSSR count). The Morgan fingerprint density at radius 1 is 1.10 bits per heavy atom. The van der Waals surface area contributed by atoms with Gasteiger partial charge in [-0.25, -0.2) is 9.59 Å². The van der Waals surface area contributed by atoms with Crippen molar-refractivity contribution in [3.63, 3.8) is 0 Å². The number of hydrogen-bond acceptors (Lipinski definition) is 4. The van der Waals surface area contributed by atoms with Crippen LogP contribution in [-0.4, -0.2) is 22.3 Å². The van der Waals surface area contributed by atoms with Crippen molar-refractivity contribution >= 4 is 60.4 Å². The standard InChI is InChI=1S/C23H19Br2NO5/c1-13(9-10-20(27)28)22(17-11-15(24)12-18(25)21(17)29)31-23(30)26-19-8-4-6-14-5-2-3-7-16(14)19/h2-13,22,29H,1H3,(H,26,30)(H,27,28)/b10-9+/t13-,22-/m1/s1. The van der Waals surface area contributed by atoms with Crippen LogP contribution in [0, 0.1) is 5.92 Å². The summed E-state index contributed by atoms with van der Waals surface area (Å²) in [6, 6.07) is 16.4. The van der Waals surface area contributed by atoms with Gasteiger partial charge in [-0.1, -0.05) is 65.3 Å². The zero-order chi connectivity index (χ0) is 22.5. The Morgan fingerprint density at radius 2 is 1.81 bits per heavy atom. The van der Waals surface area contributed by atoms with E-state index in [1.165, 1.54) is 6.08 Å². The number of phenols is 1. The summed E-state index contributed by atoms with van der Waals surface area (Å²) >= 11 is 6.64. The molecule has 8 heteroatoms. The minimum atomic E-state index is -1.12. The lowest BCUT2D eigenvalue weighted by Crippen LogP contribution is -2.21. The second-order valence-corrected chi connectivity index (χ2v) is 8.63. The van der Waals surface area contributed by atoms with Crippen LogP contribution in [0.5, 0.6) is 5.75 Å². The molecule has 0 aliphatic carbocycles. The van der Waals surface area contributed by atoms with Crippen molar-refractivity contribution in [3.8, 4) is 5.75 Å². The largest absolute Gasteiger partial charge is 0.506 e. The topological polar surface area (TPSA) is 95.9 Å². The average Bonchev–Trinajstić information content (AvgIpc) is 2.73. The predicted molar refractivity (Wildman–Crippen MR) is 126 cm³/mol. The monoisotopic (exact) mass is 547 g/mol. The number of hydrogen-bond donors (Lipinski definition) is 3. The third kappa shape index (κ3) is 5.65. The number of nitrogens with one attached hydrogen (secondary N) is 1. The van der Waals surface area contributed by atoms with Gasteiger partial charge in [0.2, 0.25) is 0 Å². The molecule has 0 bridgehead atoms. The van der Waals surface area contributed by atoms with Crippen LogP contribution < -0.4 is 5.32 Å². The Balaban J connectivity index is 1.92. The molecule has 0 saturated heterocycles. The maximum atomic E-state index is 12.8. The molecule has 160 valence electrons. The number of rotatable bonds is 6. The SMILES string of the molecule is C[C@H](/C=C/C(=O)O)[C@@H](OC(=O)Nc1cccc2ccccc12)c1cc(Br)cc(Br)c1O. The molecule has 3 aromatic carbocycles. The summed E-state index contributed by atoms with van der Waals surface area (Å²) in [6.45, 7) is 1.70. The Bertz CT molecular complexity index is 1160. The zero-order valence-corrected chi connectivity index (χ0v) is 19.6. The minimum Gasteiger partial charge on any atom is -0.506 e. The highest BCUT2D eigenvalue weighted by Crippen LogP contribution is 2.40. The molecule has 0 aliphatic rings. The summed E-state index contributed by atoms with van der Waals surface area (Å²) < 4.78 is 6.75. The van der Waals surface area contributed by atoms with E-state index in [1.54, 1.807) is 25.1 Å². The summed E-state index contributed by atoms with van der Waals surface area (Å²) in [7, 11) is 0. The summed E-state index contributed by atoms with van der Waals surface area (Å²) in [5, 5.41) is 24.1. The lowest BCUT2D eigenvalue weighted by atomic mass is 9.96. The fourth-order valence-corrected chi connectivity index (χ4v) is 4.44. The van der Waals surface area contributed by atoms with Gasteiger partial charge in [0.1, 0.15) is 11.9 Å². The number of benzene rings is 3. The van der Waals surface area contributed by atoms with Gasteiger partial charge in [-0.05, 0) is 39.5 Å². The molecule has 0 aliphatic heterocycles. The number of carboxylic acids is 1. The van der Waals surface area contributed by atoms with Crippen molar-refractivity contribution in [2.24, 2.45) is 5.92 Å². The molecule has 31 heavy (non-hydrogen) atoms. The number of aliphatic carboxylic acids is 1. The normalized spacial score (nSPS) is 13.1. The first kappa shape index (κ1) is 22.8. The molecule has 3 aromatic rings. The minimum absolute atomic E-state index is 0.0956. The number of phenolic OH excluding ortho intramolecular Hbond substituents is 1. The molecule has 0 spiro atoms. The summed E-state index contributed by atoms with van der Waals surface area (Å²) in [5.41, 5.74) is 0.909. The van der Waals surface area contributed by atoms with Crippen molar-refractivity contribution in [2.45, 2.75) is 13.0 Å². The maximum Gasteiger partial charge on any atom is 0.412 e. The van der Waals surface area contributed by atoms with E-state index in [4.69, 9.17) is 9.84 Å². The van der Waals surface area contributed by atoms with E-state index in [-0.39, 0.29) is 5.75 Å². The molecule has 0 unspecified atom stereocenters. The molecule has 0 saturated carbocycles. The molecular weight excluding hydrogens is 530 g/mol. The average molecular weight is 549 g/mol. The van der Waals surface area contributed by atoms with Crippen molar-refractivity contribution < 1.29 is 24.5 Å². The molecule has 6 nitrogen and oxygen atoms in total. The van der Waals surface area contributed by atoms with E-state index in [0.29, 0.717) is 20.2 Å². The van der Waals surface area contributed by atoms with E-state index in [0.717, 1.165) is 16.8 Å². The number of ether oxygens (including phenoxy) is 1. The molecule has 0 heterocycles. The first-order valence-corrected chi connectivity index (χ1v) is 10.9. The van der Waals surface area contributed by atoms with Crippen LogP contribution in [0.4, 0.5) is 10.5 Å². The van der Waals surface area contributed by atoms with Crippen molar-refractivity contribution in [1.82, 2.24) is 0 Å². The van der Waals surface area contributed by atoms with Crippen molar-refractivity contribution in [3.05, 3.63) is 81.3 Å². The zero-order valence-electron chi connectivity index (χ0n) is 16.4. The van der Waals surface area contributed by atoms with Crippen LogP contribution in [0.15, 0.2) is 75.7 Å². The van der Waals surface area contributed by atoms with E-state index >= 15 is 0 Å². The van der Waals surface area contributed by atoms with Gasteiger partial charge in [-0.3, -0.25) is 5.32 Å². The highest BCUT2D eigenvalue weighted by Gasteiger charge is 2.27. The van der Waals surface area contributed by atoms with Gasteiger partial charge < -0.3 is 14.9 Å². The number of anilines is 1. The maximum absolute atomic E-state index is 12.8. The van der Waals surface area contributed by atoms with Crippen LogP contribution >= 0.6 is 31.9 Å². The van der Waals surface area contributed by atoms with E-state index in [1.807, 2.05) is 36.4 Å². The molecular formula is C23H19Br2NO5. The molecule has 0 aromatic heterocycles. The predicted octanol–water partition coefficient (Wildman–Crippen LogP) is 6.64. The third-order valence-corrected chi connectivity index (χ3v) is 5.71. The second kappa shape index (κ2) is 9.98. The van der Waals surface area contributed by atoms with Crippen molar-refractivity contribution in [2.75, 3.05) is 5.32 Å². The van der Waals surface area contributed by atoms with Gasteiger partial charge in [-0.2, -0.15) is 0 Å². The van der Waals surface area contributed by atoms with Gasteiger partial charge in [0.25, 0.3) is 0 Å². The number of carboxylic acid groups (broad SMARTS) is 1. The quantitative estimate of drug-likeness (QED) is 0.300. The highest BCUT2D eigenvalue weighted by molar-refractivity contribution is 9.11. The number of fused-ring (bicyclic) bond motifs is 1. The first-order chi connectivity index (χ1) is 14.8. The van der Waals surface area contributed by atoms with E-state index < -0.39 is 24.1 Å².